The number of fused-ring (bicyclic) bond motifs is 1. The van der Waals surface area contributed by atoms with Crippen molar-refractivity contribution in [2.45, 2.75) is 57.2 Å². The number of hydrogen-bond donors (Lipinski definition) is 2. The lowest BCUT2D eigenvalue weighted by Gasteiger charge is -2.27. The van der Waals surface area contributed by atoms with Crippen LogP contribution in [0, 0.1) is 13.8 Å². The van der Waals surface area contributed by atoms with Crippen molar-refractivity contribution in [3.05, 3.63) is 53.1 Å². The van der Waals surface area contributed by atoms with Crippen LogP contribution >= 0.6 is 0 Å². The highest BCUT2D eigenvalue weighted by molar-refractivity contribution is 7.89. The van der Waals surface area contributed by atoms with Crippen molar-refractivity contribution in [2.24, 2.45) is 0 Å². The Labute approximate surface area is 188 Å². The zero-order valence-corrected chi connectivity index (χ0v) is 19.2. The van der Waals surface area contributed by atoms with Crippen LogP contribution in [0.5, 0.6) is 5.75 Å². The third-order valence-corrected chi connectivity index (χ3v) is 8.07. The van der Waals surface area contributed by atoms with E-state index in [0.29, 0.717) is 36.4 Å². The second kappa shape index (κ2) is 8.55. The number of anilines is 1. The number of carbonyl (C=O) groups excluding carboxylic acids is 2. The lowest BCUT2D eigenvalue weighted by Crippen LogP contribution is -2.45. The smallest absolute Gasteiger partial charge is 0.265 e. The number of nitrogens with zero attached hydrogens (tertiary/aromatic N) is 1. The zero-order valence-electron chi connectivity index (χ0n) is 18.3. The first-order valence-corrected chi connectivity index (χ1v) is 12.1. The first-order chi connectivity index (χ1) is 15.2. The fourth-order valence-corrected chi connectivity index (χ4v) is 6.03. The van der Waals surface area contributed by atoms with Crippen molar-refractivity contribution in [3.8, 4) is 5.75 Å². The molecule has 0 saturated carbocycles. The fourth-order valence-electron chi connectivity index (χ4n) is 4.15. The third-order valence-electron chi connectivity index (χ3n) is 6.02. The highest BCUT2D eigenvalue weighted by atomic mass is 32.2. The van der Waals surface area contributed by atoms with Gasteiger partial charge in [-0.25, -0.2) is 8.42 Å². The molecule has 0 radical (unpaired) electrons. The summed E-state index contributed by atoms with van der Waals surface area (Å²) in [5.74, 6) is -0.277. The Morgan fingerprint density at radius 1 is 1.22 bits per heavy atom. The van der Waals surface area contributed by atoms with Gasteiger partial charge in [-0.1, -0.05) is 24.3 Å². The van der Waals surface area contributed by atoms with Gasteiger partial charge in [-0.2, -0.15) is 4.31 Å². The number of amides is 2. The molecule has 2 heterocycles. The van der Waals surface area contributed by atoms with E-state index in [2.05, 4.69) is 10.6 Å². The van der Waals surface area contributed by atoms with Gasteiger partial charge in [0.05, 0.1) is 10.6 Å². The third kappa shape index (κ3) is 4.10. The molecule has 2 amide bonds. The minimum absolute atomic E-state index is 0.0817. The summed E-state index contributed by atoms with van der Waals surface area (Å²) in [4.78, 5) is 24.9. The average Bonchev–Trinajstić information content (AvgIpc) is 3.25. The molecule has 0 spiro atoms. The first kappa shape index (κ1) is 22.3. The predicted octanol–water partition coefficient (Wildman–Crippen LogP) is 2.49. The van der Waals surface area contributed by atoms with Crippen molar-refractivity contribution in [1.29, 1.82) is 0 Å². The monoisotopic (exact) mass is 457 g/mol. The van der Waals surface area contributed by atoms with Crippen LogP contribution in [0.4, 0.5) is 5.69 Å². The largest absolute Gasteiger partial charge is 0.479 e. The summed E-state index contributed by atoms with van der Waals surface area (Å²) in [7, 11) is -3.94. The summed E-state index contributed by atoms with van der Waals surface area (Å²) in [6, 6.07) is 10.0. The summed E-state index contributed by atoms with van der Waals surface area (Å²) < 4.78 is 33.9. The fraction of sp³-hybridized carbons (Fsp3) is 0.391. The Balaban J connectivity index is 1.57. The molecular weight excluding hydrogens is 430 g/mol. The highest BCUT2D eigenvalue weighted by Gasteiger charge is 2.40. The zero-order chi connectivity index (χ0) is 23.0. The van der Waals surface area contributed by atoms with Gasteiger partial charge in [-0.3, -0.25) is 9.59 Å². The number of ether oxygens (including phenoxy) is 1. The van der Waals surface area contributed by atoms with Gasteiger partial charge >= 0.3 is 0 Å². The van der Waals surface area contributed by atoms with Gasteiger partial charge in [0, 0.05) is 19.2 Å². The van der Waals surface area contributed by atoms with Crippen LogP contribution in [0.1, 0.15) is 36.5 Å². The number of carbonyl (C=O) groups is 2. The second-order valence-corrected chi connectivity index (χ2v) is 10.1. The summed E-state index contributed by atoms with van der Waals surface area (Å²) >= 11 is 0. The summed E-state index contributed by atoms with van der Waals surface area (Å²) in [6.45, 7) is 5.86. The van der Waals surface area contributed by atoms with E-state index in [0.717, 1.165) is 11.1 Å². The van der Waals surface area contributed by atoms with Gasteiger partial charge < -0.3 is 15.4 Å². The molecule has 170 valence electrons. The number of hydrogen-bond acceptors (Lipinski definition) is 5. The summed E-state index contributed by atoms with van der Waals surface area (Å²) in [6.07, 6.45) is 0.356. The molecule has 0 aromatic heterocycles. The predicted molar refractivity (Wildman–Crippen MR) is 120 cm³/mol. The van der Waals surface area contributed by atoms with Crippen LogP contribution in [0.3, 0.4) is 0 Å². The maximum Gasteiger partial charge on any atom is 0.265 e. The molecule has 2 N–H and O–H groups in total. The van der Waals surface area contributed by atoms with Crippen LogP contribution in [-0.2, 0) is 26.2 Å². The van der Waals surface area contributed by atoms with E-state index in [4.69, 9.17) is 4.74 Å². The molecule has 2 aromatic rings. The first-order valence-electron chi connectivity index (χ1n) is 10.6. The van der Waals surface area contributed by atoms with Gasteiger partial charge in [0.25, 0.3) is 5.91 Å². The number of benzene rings is 2. The van der Waals surface area contributed by atoms with E-state index in [1.54, 1.807) is 19.9 Å². The lowest BCUT2D eigenvalue weighted by atomic mass is 10.1. The van der Waals surface area contributed by atoms with E-state index >= 15 is 0 Å². The maximum atomic E-state index is 13.5. The summed E-state index contributed by atoms with van der Waals surface area (Å²) in [5.41, 5.74) is 2.98. The van der Waals surface area contributed by atoms with Gasteiger partial charge in [-0.05, 0) is 56.4 Å². The maximum absolute atomic E-state index is 13.5. The molecule has 4 rings (SSSR count). The van der Waals surface area contributed by atoms with E-state index in [9.17, 15) is 18.0 Å². The van der Waals surface area contributed by atoms with Crippen LogP contribution in [0.15, 0.2) is 41.3 Å². The molecule has 8 nitrogen and oxygen atoms in total. The average molecular weight is 458 g/mol. The van der Waals surface area contributed by atoms with Crippen molar-refractivity contribution in [1.82, 2.24) is 9.62 Å². The van der Waals surface area contributed by atoms with Crippen molar-refractivity contribution in [2.75, 3.05) is 11.9 Å². The molecule has 2 atom stereocenters. The molecule has 2 aliphatic rings. The number of rotatable bonds is 5. The topological polar surface area (TPSA) is 105 Å². The van der Waals surface area contributed by atoms with E-state index in [1.165, 1.54) is 10.4 Å². The van der Waals surface area contributed by atoms with Crippen LogP contribution < -0.4 is 15.4 Å². The minimum Gasteiger partial charge on any atom is -0.479 e. The second-order valence-electron chi connectivity index (χ2n) is 8.28. The molecular formula is C23H27N3O5S. The number of aryl methyl sites for hydroxylation is 2. The standard InChI is InChI=1S/C23H27N3O5S/c1-14-7-4-5-8-17(14)13-24-23(28)19-9-6-10-26(19)32(29,30)21-12-20-18(11-15(21)2)25-22(27)16(3)31-20/h4-5,7-8,11-12,16,19H,6,9-10,13H2,1-3H3,(H,24,28)(H,25,27)/t16-,19+/m0/s1. The molecule has 32 heavy (non-hydrogen) atoms. The van der Waals surface area contributed by atoms with Crippen LogP contribution in [-0.4, -0.2) is 43.2 Å². The van der Waals surface area contributed by atoms with E-state index in [1.807, 2.05) is 31.2 Å². The molecule has 0 bridgehead atoms. The minimum atomic E-state index is -3.94. The van der Waals surface area contributed by atoms with Gasteiger partial charge in [-0.15, -0.1) is 0 Å². The Bertz CT molecular complexity index is 1180. The molecule has 1 fully saturated rings. The molecule has 0 aliphatic carbocycles. The SMILES string of the molecule is Cc1ccccc1CNC(=O)[C@H]1CCCN1S(=O)(=O)c1cc2c(cc1C)NC(=O)[C@H](C)O2. The highest BCUT2D eigenvalue weighted by Crippen LogP contribution is 2.37. The molecule has 9 heteroatoms. The van der Waals surface area contributed by atoms with Crippen molar-refractivity contribution >= 4 is 27.5 Å². The lowest BCUT2D eigenvalue weighted by molar-refractivity contribution is -0.124. The Morgan fingerprint density at radius 3 is 2.72 bits per heavy atom. The van der Waals surface area contributed by atoms with E-state index in [-0.39, 0.29) is 23.3 Å². The van der Waals surface area contributed by atoms with E-state index < -0.39 is 22.2 Å². The quantitative estimate of drug-likeness (QED) is 0.718. The Hall–Kier alpha value is -2.91. The number of sulfonamides is 1. The van der Waals surface area contributed by atoms with Crippen LogP contribution in [0.25, 0.3) is 0 Å². The van der Waals surface area contributed by atoms with Gasteiger partial charge in [0.15, 0.2) is 6.10 Å². The molecule has 1 saturated heterocycles. The Kier molecular flexibility index (Phi) is 5.96. The molecule has 2 aromatic carbocycles. The summed E-state index contributed by atoms with van der Waals surface area (Å²) in [5, 5.41) is 5.62. The molecule has 0 unspecified atom stereocenters. The number of nitrogens with one attached hydrogen (secondary N) is 2. The van der Waals surface area contributed by atoms with Gasteiger partial charge in [0.2, 0.25) is 15.9 Å². The van der Waals surface area contributed by atoms with Crippen molar-refractivity contribution in [3.63, 3.8) is 0 Å². The molecule has 2 aliphatic heterocycles. The van der Waals surface area contributed by atoms with Crippen LogP contribution in [0.2, 0.25) is 0 Å². The Morgan fingerprint density at radius 2 is 1.97 bits per heavy atom. The normalized spacial score (nSPS) is 20.9. The van der Waals surface area contributed by atoms with Gasteiger partial charge in [0.1, 0.15) is 11.8 Å². The van der Waals surface area contributed by atoms with Crippen molar-refractivity contribution < 1.29 is 22.7 Å².